The molecule has 1 saturated carbocycles. The molecule has 1 aromatic rings. The first-order valence-corrected chi connectivity index (χ1v) is 7.76. The molecule has 0 aromatic heterocycles. The van der Waals surface area contributed by atoms with Gasteiger partial charge in [-0.2, -0.15) is 0 Å². The van der Waals surface area contributed by atoms with Crippen LogP contribution in [0.1, 0.15) is 50.0 Å². The summed E-state index contributed by atoms with van der Waals surface area (Å²) in [6.45, 7) is 0.954. The lowest BCUT2D eigenvalue weighted by Crippen LogP contribution is -2.27. The summed E-state index contributed by atoms with van der Waals surface area (Å²) in [5, 5.41) is 0. The molecular formula is C17H25NO. The molecule has 0 spiro atoms. The van der Waals surface area contributed by atoms with Crippen LogP contribution in [-0.2, 0) is 4.74 Å². The number of ether oxygens (including phenoxy) is 1. The normalized spacial score (nSPS) is 31.9. The van der Waals surface area contributed by atoms with E-state index in [1.807, 2.05) is 0 Å². The monoisotopic (exact) mass is 259 g/mol. The van der Waals surface area contributed by atoms with Crippen molar-refractivity contribution in [2.24, 2.45) is 11.7 Å². The third kappa shape index (κ3) is 3.37. The first-order chi connectivity index (χ1) is 9.34. The van der Waals surface area contributed by atoms with E-state index in [4.69, 9.17) is 10.5 Å². The van der Waals surface area contributed by atoms with Crippen LogP contribution < -0.4 is 5.73 Å². The first kappa shape index (κ1) is 13.1. The van der Waals surface area contributed by atoms with Crippen LogP contribution in [-0.4, -0.2) is 18.8 Å². The second-order valence-corrected chi connectivity index (χ2v) is 6.15. The van der Waals surface area contributed by atoms with Crippen LogP contribution in [0.25, 0.3) is 0 Å². The van der Waals surface area contributed by atoms with Gasteiger partial charge in [-0.25, -0.2) is 0 Å². The molecule has 1 aliphatic heterocycles. The minimum atomic E-state index is 0.357. The molecule has 2 fully saturated rings. The zero-order valence-electron chi connectivity index (χ0n) is 11.6. The lowest BCUT2D eigenvalue weighted by atomic mass is 9.98. The van der Waals surface area contributed by atoms with E-state index in [-0.39, 0.29) is 0 Å². The molecule has 19 heavy (non-hydrogen) atoms. The molecule has 0 amide bonds. The van der Waals surface area contributed by atoms with Crippen LogP contribution in [0.2, 0.25) is 0 Å². The Morgan fingerprint density at radius 2 is 2.05 bits per heavy atom. The van der Waals surface area contributed by atoms with Gasteiger partial charge in [0.05, 0.1) is 6.10 Å². The summed E-state index contributed by atoms with van der Waals surface area (Å²) in [6.07, 6.45) is 7.83. The van der Waals surface area contributed by atoms with E-state index >= 15 is 0 Å². The standard InChI is InChI=1S/C17H25NO/c18-17(10-9-14-8-4-5-11-19-14)16-12-15(16)13-6-2-1-3-7-13/h1-3,6-7,14-17H,4-5,8-12,18H2. The molecule has 1 aromatic carbocycles. The highest BCUT2D eigenvalue weighted by Gasteiger charge is 2.42. The summed E-state index contributed by atoms with van der Waals surface area (Å²) in [7, 11) is 0. The van der Waals surface area contributed by atoms with Gasteiger partial charge >= 0.3 is 0 Å². The van der Waals surface area contributed by atoms with Crippen LogP contribution >= 0.6 is 0 Å². The minimum Gasteiger partial charge on any atom is -0.378 e. The maximum atomic E-state index is 6.37. The van der Waals surface area contributed by atoms with Gasteiger partial charge in [-0.05, 0) is 55.9 Å². The fraction of sp³-hybridized carbons (Fsp3) is 0.647. The Morgan fingerprint density at radius 1 is 1.21 bits per heavy atom. The van der Waals surface area contributed by atoms with Crippen molar-refractivity contribution in [3.8, 4) is 0 Å². The molecule has 104 valence electrons. The van der Waals surface area contributed by atoms with Crippen LogP contribution in [0.4, 0.5) is 0 Å². The lowest BCUT2D eigenvalue weighted by Gasteiger charge is -2.23. The number of hydrogen-bond donors (Lipinski definition) is 1. The Hall–Kier alpha value is -0.860. The Kier molecular flexibility index (Phi) is 4.19. The fourth-order valence-corrected chi connectivity index (χ4v) is 3.40. The predicted octanol–water partition coefficient (Wildman–Crippen LogP) is 3.47. The molecule has 2 heteroatoms. The Morgan fingerprint density at radius 3 is 2.79 bits per heavy atom. The van der Waals surface area contributed by atoms with Gasteiger partial charge in [0.15, 0.2) is 0 Å². The van der Waals surface area contributed by atoms with Crippen molar-refractivity contribution in [1.82, 2.24) is 0 Å². The van der Waals surface area contributed by atoms with Gasteiger partial charge < -0.3 is 10.5 Å². The van der Waals surface area contributed by atoms with E-state index in [2.05, 4.69) is 30.3 Å². The maximum Gasteiger partial charge on any atom is 0.0575 e. The molecule has 3 rings (SSSR count). The highest BCUT2D eigenvalue weighted by atomic mass is 16.5. The number of hydrogen-bond acceptors (Lipinski definition) is 2. The van der Waals surface area contributed by atoms with E-state index in [9.17, 15) is 0 Å². The molecule has 2 nitrogen and oxygen atoms in total. The van der Waals surface area contributed by atoms with Gasteiger partial charge in [0, 0.05) is 12.6 Å². The minimum absolute atomic E-state index is 0.357. The fourth-order valence-electron chi connectivity index (χ4n) is 3.40. The van der Waals surface area contributed by atoms with Gasteiger partial charge in [0.25, 0.3) is 0 Å². The molecule has 2 aliphatic rings. The zero-order chi connectivity index (χ0) is 13.1. The van der Waals surface area contributed by atoms with Crippen molar-refractivity contribution >= 4 is 0 Å². The molecule has 0 radical (unpaired) electrons. The molecule has 4 unspecified atom stereocenters. The third-order valence-corrected chi connectivity index (χ3v) is 4.71. The first-order valence-electron chi connectivity index (χ1n) is 7.76. The molecule has 2 N–H and O–H groups in total. The number of rotatable bonds is 5. The van der Waals surface area contributed by atoms with Gasteiger partial charge in [0.1, 0.15) is 0 Å². The van der Waals surface area contributed by atoms with Crippen molar-refractivity contribution in [2.45, 2.75) is 56.6 Å². The Balaban J connectivity index is 1.43. The van der Waals surface area contributed by atoms with Gasteiger partial charge in [0.2, 0.25) is 0 Å². The topological polar surface area (TPSA) is 35.2 Å². The van der Waals surface area contributed by atoms with Crippen molar-refractivity contribution in [3.05, 3.63) is 35.9 Å². The van der Waals surface area contributed by atoms with Crippen molar-refractivity contribution in [2.75, 3.05) is 6.61 Å². The van der Waals surface area contributed by atoms with E-state index in [0.29, 0.717) is 24.0 Å². The summed E-state index contributed by atoms with van der Waals surface area (Å²) in [4.78, 5) is 0. The van der Waals surface area contributed by atoms with E-state index in [1.165, 1.54) is 31.2 Å². The lowest BCUT2D eigenvalue weighted by molar-refractivity contribution is 0.00883. The largest absolute Gasteiger partial charge is 0.378 e. The molecule has 0 bridgehead atoms. The summed E-state index contributed by atoms with van der Waals surface area (Å²) in [5.74, 6) is 1.41. The van der Waals surface area contributed by atoms with E-state index < -0.39 is 0 Å². The average molecular weight is 259 g/mol. The van der Waals surface area contributed by atoms with E-state index in [1.54, 1.807) is 0 Å². The highest BCUT2D eigenvalue weighted by molar-refractivity contribution is 5.26. The van der Waals surface area contributed by atoms with E-state index in [0.717, 1.165) is 19.4 Å². The zero-order valence-corrected chi connectivity index (χ0v) is 11.6. The van der Waals surface area contributed by atoms with Crippen LogP contribution in [0.3, 0.4) is 0 Å². The van der Waals surface area contributed by atoms with Gasteiger partial charge in [-0.3, -0.25) is 0 Å². The second kappa shape index (κ2) is 6.06. The third-order valence-electron chi connectivity index (χ3n) is 4.71. The molecule has 1 heterocycles. The average Bonchev–Trinajstić information content (AvgIpc) is 3.27. The molecule has 4 atom stereocenters. The smallest absolute Gasteiger partial charge is 0.0575 e. The summed E-state index contributed by atoms with van der Waals surface area (Å²) < 4.78 is 5.78. The summed E-state index contributed by atoms with van der Waals surface area (Å²) in [6, 6.07) is 11.2. The predicted molar refractivity (Wildman–Crippen MR) is 78.1 cm³/mol. The maximum absolute atomic E-state index is 6.37. The van der Waals surface area contributed by atoms with Gasteiger partial charge in [-0.1, -0.05) is 30.3 Å². The van der Waals surface area contributed by atoms with Crippen molar-refractivity contribution < 1.29 is 4.74 Å². The number of nitrogens with two attached hydrogens (primary N) is 1. The second-order valence-electron chi connectivity index (χ2n) is 6.15. The Bertz CT molecular complexity index is 386. The highest BCUT2D eigenvalue weighted by Crippen LogP contribution is 2.49. The van der Waals surface area contributed by atoms with Gasteiger partial charge in [-0.15, -0.1) is 0 Å². The molecular weight excluding hydrogens is 234 g/mol. The van der Waals surface area contributed by atoms with Crippen molar-refractivity contribution in [3.63, 3.8) is 0 Å². The molecule has 1 saturated heterocycles. The number of benzene rings is 1. The summed E-state index contributed by atoms with van der Waals surface area (Å²) >= 11 is 0. The summed E-state index contributed by atoms with van der Waals surface area (Å²) in [5.41, 5.74) is 7.84. The quantitative estimate of drug-likeness (QED) is 0.878. The SMILES string of the molecule is NC(CCC1CCCCO1)C1CC1c1ccccc1. The van der Waals surface area contributed by atoms with Crippen LogP contribution in [0.5, 0.6) is 0 Å². The van der Waals surface area contributed by atoms with Crippen LogP contribution in [0, 0.1) is 5.92 Å². The van der Waals surface area contributed by atoms with Crippen molar-refractivity contribution in [1.29, 1.82) is 0 Å². The van der Waals surface area contributed by atoms with Crippen LogP contribution in [0.15, 0.2) is 30.3 Å². The molecule has 1 aliphatic carbocycles. The Labute approximate surface area is 116 Å².